The molecule has 0 bridgehead atoms. The molecule has 2 atom stereocenters. The Morgan fingerprint density at radius 1 is 1.44 bits per heavy atom. The summed E-state index contributed by atoms with van der Waals surface area (Å²) in [5.41, 5.74) is 6.39. The summed E-state index contributed by atoms with van der Waals surface area (Å²) in [4.78, 5) is 4.37. The summed E-state index contributed by atoms with van der Waals surface area (Å²) in [6.45, 7) is 2.76. The lowest BCUT2D eigenvalue weighted by Crippen LogP contribution is -2.38. The van der Waals surface area contributed by atoms with E-state index >= 15 is 0 Å². The van der Waals surface area contributed by atoms with Gasteiger partial charge < -0.3 is 15.0 Å². The van der Waals surface area contributed by atoms with Crippen molar-refractivity contribution >= 4 is 0 Å². The topological polar surface area (TPSA) is 53.1 Å². The Morgan fingerprint density at radius 2 is 2.17 bits per heavy atom. The highest BCUT2D eigenvalue weighted by atomic mass is 16.5. The van der Waals surface area contributed by atoms with E-state index in [0.29, 0.717) is 5.92 Å². The maximum absolute atomic E-state index is 6.39. The fourth-order valence-corrected chi connectivity index (χ4v) is 3.03. The first-order chi connectivity index (χ1) is 8.74. The normalized spacial score (nSPS) is 20.8. The lowest BCUT2D eigenvalue weighted by Gasteiger charge is -2.33. The molecule has 0 radical (unpaired) electrons. The highest BCUT2D eigenvalue weighted by molar-refractivity contribution is 5.02. The molecule has 1 aromatic rings. The number of aryl methyl sites for hydroxylation is 1. The highest BCUT2D eigenvalue weighted by Gasteiger charge is 2.31. The van der Waals surface area contributed by atoms with Crippen molar-refractivity contribution < 1.29 is 4.74 Å². The van der Waals surface area contributed by atoms with Gasteiger partial charge in [-0.3, -0.25) is 0 Å². The summed E-state index contributed by atoms with van der Waals surface area (Å²) in [6, 6.07) is -0.118. The molecule has 4 heteroatoms. The zero-order chi connectivity index (χ0) is 13.0. The van der Waals surface area contributed by atoms with Crippen LogP contribution in [0.2, 0.25) is 0 Å². The van der Waals surface area contributed by atoms with E-state index in [9.17, 15) is 0 Å². The molecule has 1 aliphatic carbocycles. The van der Waals surface area contributed by atoms with Crippen LogP contribution >= 0.6 is 0 Å². The van der Waals surface area contributed by atoms with Gasteiger partial charge in [0.15, 0.2) is 0 Å². The van der Waals surface area contributed by atoms with Crippen LogP contribution in [0.25, 0.3) is 0 Å². The van der Waals surface area contributed by atoms with Crippen LogP contribution in [0.15, 0.2) is 12.4 Å². The molecule has 1 aromatic heterocycles. The Labute approximate surface area is 110 Å². The number of rotatable bonds is 5. The molecule has 1 saturated carbocycles. The maximum Gasteiger partial charge on any atom is 0.128 e. The molecule has 1 aliphatic rings. The van der Waals surface area contributed by atoms with E-state index in [1.165, 1.54) is 32.1 Å². The Morgan fingerprint density at radius 3 is 2.72 bits per heavy atom. The molecule has 0 aromatic carbocycles. The van der Waals surface area contributed by atoms with E-state index in [-0.39, 0.29) is 12.1 Å². The molecule has 2 unspecified atom stereocenters. The molecule has 0 saturated heterocycles. The number of imidazole rings is 1. The second-order valence-corrected chi connectivity index (χ2v) is 5.24. The minimum atomic E-state index is -0.118. The third-order valence-corrected chi connectivity index (χ3v) is 3.98. The zero-order valence-corrected chi connectivity index (χ0v) is 11.5. The predicted octanol–water partition coefficient (Wildman–Crippen LogP) is 2.41. The van der Waals surface area contributed by atoms with Gasteiger partial charge in [0, 0.05) is 26.0 Å². The summed E-state index contributed by atoms with van der Waals surface area (Å²) in [7, 11) is 1.99. The molecular weight excluding hydrogens is 226 g/mol. The standard InChI is InChI=1S/C14H25N3O/c1-3-18-13(11-7-5-4-6-8-11)12(15)14-16-9-10-17(14)2/h9-13H,3-8,15H2,1-2H3. The van der Waals surface area contributed by atoms with Crippen molar-refractivity contribution in [2.45, 2.75) is 51.2 Å². The maximum atomic E-state index is 6.39. The van der Waals surface area contributed by atoms with Crippen molar-refractivity contribution in [3.63, 3.8) is 0 Å². The second kappa shape index (κ2) is 6.34. The highest BCUT2D eigenvalue weighted by Crippen LogP contribution is 2.32. The largest absolute Gasteiger partial charge is 0.376 e. The van der Waals surface area contributed by atoms with Crippen molar-refractivity contribution in [3.05, 3.63) is 18.2 Å². The van der Waals surface area contributed by atoms with Crippen LogP contribution in [0, 0.1) is 5.92 Å². The van der Waals surface area contributed by atoms with Gasteiger partial charge in [-0.05, 0) is 25.7 Å². The van der Waals surface area contributed by atoms with Crippen molar-refractivity contribution in [1.82, 2.24) is 9.55 Å². The van der Waals surface area contributed by atoms with Crippen molar-refractivity contribution in [3.8, 4) is 0 Å². The van der Waals surface area contributed by atoms with Gasteiger partial charge in [0.1, 0.15) is 5.82 Å². The van der Waals surface area contributed by atoms with Crippen molar-refractivity contribution in [2.24, 2.45) is 18.7 Å². The molecule has 4 nitrogen and oxygen atoms in total. The summed E-state index contributed by atoms with van der Waals surface area (Å²) < 4.78 is 7.94. The lowest BCUT2D eigenvalue weighted by atomic mass is 9.82. The van der Waals surface area contributed by atoms with Gasteiger partial charge in [-0.2, -0.15) is 0 Å². The van der Waals surface area contributed by atoms with Gasteiger partial charge in [-0.15, -0.1) is 0 Å². The Balaban J connectivity index is 2.10. The van der Waals surface area contributed by atoms with Crippen LogP contribution in [0.4, 0.5) is 0 Å². The lowest BCUT2D eigenvalue weighted by molar-refractivity contribution is -0.0120. The van der Waals surface area contributed by atoms with Crippen molar-refractivity contribution in [2.75, 3.05) is 6.61 Å². The van der Waals surface area contributed by atoms with Crippen LogP contribution in [-0.2, 0) is 11.8 Å². The van der Waals surface area contributed by atoms with Gasteiger partial charge in [-0.1, -0.05) is 19.3 Å². The van der Waals surface area contributed by atoms with Gasteiger partial charge >= 0.3 is 0 Å². The Bertz CT molecular complexity index is 358. The molecule has 0 amide bonds. The summed E-state index contributed by atoms with van der Waals surface area (Å²) in [5, 5.41) is 0. The minimum absolute atomic E-state index is 0.108. The van der Waals surface area contributed by atoms with Crippen LogP contribution < -0.4 is 5.73 Å². The molecule has 18 heavy (non-hydrogen) atoms. The number of nitrogens with two attached hydrogens (primary N) is 1. The van der Waals surface area contributed by atoms with Gasteiger partial charge in [0.25, 0.3) is 0 Å². The van der Waals surface area contributed by atoms with Gasteiger partial charge in [0.2, 0.25) is 0 Å². The first-order valence-electron chi connectivity index (χ1n) is 7.08. The minimum Gasteiger partial charge on any atom is -0.376 e. The van der Waals surface area contributed by atoms with Crippen LogP contribution in [-0.4, -0.2) is 22.3 Å². The van der Waals surface area contributed by atoms with E-state index in [4.69, 9.17) is 10.5 Å². The molecular formula is C14H25N3O. The SMILES string of the molecule is CCOC(C1CCCCC1)C(N)c1nccn1C. The van der Waals surface area contributed by atoms with E-state index in [1.807, 2.05) is 24.7 Å². The first kappa shape index (κ1) is 13.6. The second-order valence-electron chi connectivity index (χ2n) is 5.24. The van der Waals surface area contributed by atoms with E-state index in [1.54, 1.807) is 6.20 Å². The Hall–Kier alpha value is -0.870. The molecule has 0 aliphatic heterocycles. The molecule has 2 rings (SSSR count). The van der Waals surface area contributed by atoms with Crippen LogP contribution in [0.1, 0.15) is 50.9 Å². The number of hydrogen-bond acceptors (Lipinski definition) is 3. The summed E-state index contributed by atoms with van der Waals surface area (Å²) in [6.07, 6.45) is 10.3. The van der Waals surface area contributed by atoms with Crippen LogP contribution in [0.5, 0.6) is 0 Å². The molecule has 1 heterocycles. The van der Waals surface area contributed by atoms with Crippen LogP contribution in [0.3, 0.4) is 0 Å². The third-order valence-electron chi connectivity index (χ3n) is 3.98. The number of hydrogen-bond donors (Lipinski definition) is 1. The van der Waals surface area contributed by atoms with E-state index in [0.717, 1.165) is 12.4 Å². The quantitative estimate of drug-likeness (QED) is 0.874. The molecule has 102 valence electrons. The fraction of sp³-hybridized carbons (Fsp3) is 0.786. The number of nitrogens with zero attached hydrogens (tertiary/aromatic N) is 2. The van der Waals surface area contributed by atoms with E-state index in [2.05, 4.69) is 4.98 Å². The molecule has 0 spiro atoms. The average molecular weight is 251 g/mol. The number of aromatic nitrogens is 2. The Kier molecular flexibility index (Phi) is 4.78. The van der Waals surface area contributed by atoms with Crippen molar-refractivity contribution in [1.29, 1.82) is 0 Å². The van der Waals surface area contributed by atoms with Gasteiger partial charge in [0.05, 0.1) is 12.1 Å². The first-order valence-corrected chi connectivity index (χ1v) is 7.08. The van der Waals surface area contributed by atoms with E-state index < -0.39 is 0 Å². The molecule has 2 N–H and O–H groups in total. The van der Waals surface area contributed by atoms with Gasteiger partial charge in [-0.25, -0.2) is 4.98 Å². The number of ether oxygens (including phenoxy) is 1. The average Bonchev–Trinajstić information content (AvgIpc) is 2.82. The summed E-state index contributed by atoms with van der Waals surface area (Å²) in [5.74, 6) is 1.52. The monoisotopic (exact) mass is 251 g/mol. The zero-order valence-electron chi connectivity index (χ0n) is 11.5. The fourth-order valence-electron chi connectivity index (χ4n) is 3.03. The molecule has 1 fully saturated rings. The summed E-state index contributed by atoms with van der Waals surface area (Å²) >= 11 is 0. The predicted molar refractivity (Wildman–Crippen MR) is 72.1 cm³/mol. The smallest absolute Gasteiger partial charge is 0.128 e. The third kappa shape index (κ3) is 2.93.